The van der Waals surface area contributed by atoms with Crippen LogP contribution in [0.1, 0.15) is 13.3 Å². The first-order valence-electron chi connectivity index (χ1n) is 1.89. The highest BCUT2D eigenvalue weighted by Gasteiger charge is 2.20. The molecule has 0 atom stereocenters. The Bertz CT molecular complexity index is 70.1. The standard InChI is InChI=1S/C4H7F2I/c1-3-4(5,6)7-2/h2-3H2,1H3. The SMILES string of the molecule is C=IC(F)(F)CC. The Morgan fingerprint density at radius 1 is 1.71 bits per heavy atom. The molecule has 3 heteroatoms. The van der Waals surface area contributed by atoms with Crippen LogP contribution in [0.25, 0.3) is 0 Å². The largest absolute Gasteiger partial charge is 0.290 e. The number of rotatable bonds is 2. The van der Waals surface area contributed by atoms with E-state index in [0.29, 0.717) is 0 Å². The van der Waals surface area contributed by atoms with Crippen molar-refractivity contribution < 1.29 is 8.78 Å². The van der Waals surface area contributed by atoms with Crippen LogP contribution in [0, 0.1) is 0 Å². The second-order valence-corrected chi connectivity index (χ2v) is 3.44. The lowest BCUT2D eigenvalue weighted by Gasteiger charge is -2.03. The molecule has 0 amide bonds. The minimum atomic E-state index is -2.42. The minimum absolute atomic E-state index is 0.0518. The van der Waals surface area contributed by atoms with E-state index in [1.54, 1.807) is 0 Å². The molecule has 0 aliphatic rings. The summed E-state index contributed by atoms with van der Waals surface area (Å²) in [5, 5.41) is 0. The maximum absolute atomic E-state index is 11.9. The predicted octanol–water partition coefficient (Wildman–Crippen LogP) is 2.39. The van der Waals surface area contributed by atoms with Gasteiger partial charge in [0.2, 0.25) is 0 Å². The van der Waals surface area contributed by atoms with E-state index in [4.69, 9.17) is 0 Å². The molecule has 0 saturated carbocycles. The quantitative estimate of drug-likeness (QED) is 0.495. The first-order valence-corrected chi connectivity index (χ1v) is 4.50. The molecule has 0 aromatic carbocycles. The highest BCUT2D eigenvalue weighted by Crippen LogP contribution is 2.29. The number of hydrogen-bond donors (Lipinski definition) is 0. The summed E-state index contributed by atoms with van der Waals surface area (Å²) >= 11 is -1.12. The summed E-state index contributed by atoms with van der Waals surface area (Å²) in [5.74, 6) is 0. The summed E-state index contributed by atoms with van der Waals surface area (Å²) in [6, 6.07) is 0. The molecule has 44 valence electrons. The molecule has 0 N–H and O–H groups in total. The van der Waals surface area contributed by atoms with Crippen molar-refractivity contribution in [3.05, 3.63) is 0 Å². The Hall–Kier alpha value is 0.460. The second-order valence-electron chi connectivity index (χ2n) is 1.10. The van der Waals surface area contributed by atoms with Crippen molar-refractivity contribution in [1.29, 1.82) is 0 Å². The summed E-state index contributed by atoms with van der Waals surface area (Å²) in [6.07, 6.45) is -0.0518. The van der Waals surface area contributed by atoms with Crippen molar-refractivity contribution in [3.63, 3.8) is 0 Å². The molecule has 0 aromatic rings. The van der Waals surface area contributed by atoms with E-state index >= 15 is 0 Å². The van der Waals surface area contributed by atoms with Crippen LogP contribution < -0.4 is 0 Å². The average Bonchev–Trinajstić information content (AvgIpc) is 1.68. The fourth-order valence-corrected chi connectivity index (χ4v) is 0.634. The summed E-state index contributed by atoms with van der Waals surface area (Å²) in [6.45, 7) is 1.48. The summed E-state index contributed by atoms with van der Waals surface area (Å²) in [5.41, 5.74) is 0. The van der Waals surface area contributed by atoms with Crippen LogP contribution in [-0.2, 0) is 0 Å². The fraction of sp³-hybridized carbons (Fsp3) is 0.750. The van der Waals surface area contributed by atoms with Crippen LogP contribution in [0.2, 0.25) is 0 Å². The molecule has 0 unspecified atom stereocenters. The van der Waals surface area contributed by atoms with E-state index in [9.17, 15) is 8.78 Å². The maximum Gasteiger partial charge on any atom is 0.290 e. The van der Waals surface area contributed by atoms with Gasteiger partial charge in [-0.2, -0.15) is 8.78 Å². The van der Waals surface area contributed by atoms with Crippen LogP contribution in [0.15, 0.2) is 0 Å². The molecule has 0 bridgehead atoms. The Labute approximate surface area is 51.7 Å². The highest BCUT2D eigenvalue weighted by atomic mass is 127. The number of halogens is 3. The van der Waals surface area contributed by atoms with E-state index in [0.717, 1.165) is 0 Å². The van der Waals surface area contributed by atoms with Gasteiger partial charge < -0.3 is 0 Å². The first-order chi connectivity index (χ1) is 3.12. The summed E-state index contributed by atoms with van der Waals surface area (Å²) in [7, 11) is 0. The maximum atomic E-state index is 11.9. The van der Waals surface area contributed by atoms with Gasteiger partial charge in [0.25, 0.3) is 3.93 Å². The molecule has 0 heterocycles. The van der Waals surface area contributed by atoms with Crippen LogP contribution in [-0.4, -0.2) is 8.44 Å². The Kier molecular flexibility index (Phi) is 2.87. The third-order valence-electron chi connectivity index (χ3n) is 0.596. The fourth-order valence-electron chi connectivity index (χ4n) is 0.0945. The summed E-state index contributed by atoms with van der Waals surface area (Å²) < 4.78 is 24.5. The van der Waals surface area contributed by atoms with Gasteiger partial charge in [-0.05, 0) is 0 Å². The lowest BCUT2D eigenvalue weighted by molar-refractivity contribution is 0.123. The van der Waals surface area contributed by atoms with E-state index in [2.05, 4.69) is 4.51 Å². The monoisotopic (exact) mass is 220 g/mol. The van der Waals surface area contributed by atoms with Crippen LogP contribution in [0.4, 0.5) is 8.78 Å². The normalized spacial score (nSPS) is 11.9. The lowest BCUT2D eigenvalue weighted by Crippen LogP contribution is -2.01. The Morgan fingerprint density at radius 2 is 2.14 bits per heavy atom. The molecular weight excluding hydrogens is 213 g/mol. The second kappa shape index (κ2) is 2.69. The van der Waals surface area contributed by atoms with Gasteiger partial charge in [0, 0.05) is 6.42 Å². The number of hydrogen-bond acceptors (Lipinski definition) is 0. The molecule has 0 fully saturated rings. The van der Waals surface area contributed by atoms with Crippen molar-refractivity contribution in [1.82, 2.24) is 0 Å². The van der Waals surface area contributed by atoms with Crippen LogP contribution in [0.3, 0.4) is 0 Å². The van der Waals surface area contributed by atoms with Crippen molar-refractivity contribution in [3.8, 4) is 0 Å². The zero-order valence-electron chi connectivity index (χ0n) is 4.05. The minimum Gasteiger partial charge on any atom is -0.196 e. The third kappa shape index (κ3) is 3.08. The van der Waals surface area contributed by atoms with Gasteiger partial charge in [-0.3, -0.25) is 0 Å². The van der Waals surface area contributed by atoms with Gasteiger partial charge in [-0.25, -0.2) is 0 Å². The molecule has 0 spiro atoms. The van der Waals surface area contributed by atoms with E-state index in [1.807, 2.05) is 0 Å². The molecule has 0 aliphatic heterocycles. The molecular formula is C4H7F2I. The number of alkyl halides is 3. The molecule has 0 aliphatic carbocycles. The van der Waals surface area contributed by atoms with Crippen molar-refractivity contribution >= 4 is 25.2 Å². The molecule has 0 saturated heterocycles. The zero-order chi connectivity index (χ0) is 5.91. The first kappa shape index (κ1) is 7.46. The van der Waals surface area contributed by atoms with E-state index in [-0.39, 0.29) is 6.42 Å². The van der Waals surface area contributed by atoms with Gasteiger partial charge in [0.15, 0.2) is 0 Å². The summed E-state index contributed by atoms with van der Waals surface area (Å²) in [4.78, 5) is 0. The molecule has 0 radical (unpaired) electrons. The van der Waals surface area contributed by atoms with Crippen molar-refractivity contribution in [2.75, 3.05) is 0 Å². The molecule has 0 aromatic heterocycles. The van der Waals surface area contributed by atoms with Crippen LogP contribution in [0.5, 0.6) is 0 Å². The average molecular weight is 220 g/mol. The van der Waals surface area contributed by atoms with Crippen molar-refractivity contribution in [2.24, 2.45) is 0 Å². The zero-order valence-corrected chi connectivity index (χ0v) is 6.21. The van der Waals surface area contributed by atoms with Crippen LogP contribution >= 0.6 is 20.7 Å². The van der Waals surface area contributed by atoms with Gasteiger partial charge in [0.05, 0.1) is 0 Å². The third-order valence-corrected chi connectivity index (χ3v) is 2.48. The van der Waals surface area contributed by atoms with E-state index < -0.39 is 24.7 Å². The Morgan fingerprint density at radius 3 is 2.14 bits per heavy atom. The smallest absolute Gasteiger partial charge is 0.196 e. The lowest BCUT2D eigenvalue weighted by atomic mass is 10.5. The molecule has 0 nitrogen and oxygen atoms in total. The van der Waals surface area contributed by atoms with Gasteiger partial charge in [-0.1, -0.05) is 32.2 Å². The van der Waals surface area contributed by atoms with Crippen molar-refractivity contribution in [2.45, 2.75) is 17.3 Å². The van der Waals surface area contributed by atoms with E-state index in [1.165, 1.54) is 6.92 Å². The molecule has 7 heavy (non-hydrogen) atoms. The topological polar surface area (TPSA) is 0 Å². The predicted molar refractivity (Wildman–Crippen MR) is 36.4 cm³/mol. The van der Waals surface area contributed by atoms with Gasteiger partial charge >= 0.3 is 0 Å². The van der Waals surface area contributed by atoms with Gasteiger partial charge in [0.1, 0.15) is 0 Å². The van der Waals surface area contributed by atoms with Gasteiger partial charge in [-0.15, -0.1) is 0 Å². The Balaban J connectivity index is 3.58. The highest BCUT2D eigenvalue weighted by molar-refractivity contribution is 14.2. The molecule has 0 rings (SSSR count).